The van der Waals surface area contributed by atoms with Crippen LogP contribution in [0, 0.1) is 11.6 Å². The number of carbonyl (C=O) groups excluding carboxylic acids is 1. The van der Waals surface area contributed by atoms with Crippen LogP contribution in [-0.4, -0.2) is 58.5 Å². The predicted molar refractivity (Wildman–Crippen MR) is 135 cm³/mol. The molecule has 6 nitrogen and oxygen atoms in total. The van der Waals surface area contributed by atoms with Crippen LogP contribution < -0.4 is 4.90 Å². The second-order valence-corrected chi connectivity index (χ2v) is 10.9. The number of hydrogen-bond donors (Lipinski definition) is 0. The number of carbonyl (C=O) groups is 1. The molecule has 4 rings (SSSR count). The van der Waals surface area contributed by atoms with Gasteiger partial charge in [-0.2, -0.15) is 0 Å². The first-order valence-corrected chi connectivity index (χ1v) is 13.6. The van der Waals surface area contributed by atoms with E-state index in [9.17, 15) is 26.4 Å². The fourth-order valence-corrected chi connectivity index (χ4v) is 5.00. The van der Waals surface area contributed by atoms with Crippen molar-refractivity contribution in [1.82, 2.24) is 4.90 Å². The number of nitrogens with zero attached hydrogens (tertiary/aromatic N) is 2. The summed E-state index contributed by atoms with van der Waals surface area (Å²) in [6, 6.07) is 14.6. The zero-order valence-electron chi connectivity index (χ0n) is 20.5. The van der Waals surface area contributed by atoms with Gasteiger partial charge < -0.3 is 14.5 Å². The summed E-state index contributed by atoms with van der Waals surface area (Å²) in [6.45, 7) is 1.96. The molecule has 37 heavy (non-hydrogen) atoms. The van der Waals surface area contributed by atoms with Crippen LogP contribution in [0.1, 0.15) is 28.9 Å². The summed E-state index contributed by atoms with van der Waals surface area (Å²) < 4.78 is 69.9. The fraction of sp³-hybridized carbons (Fsp3) is 0.296. The van der Waals surface area contributed by atoms with E-state index >= 15 is 0 Å². The van der Waals surface area contributed by atoms with Crippen molar-refractivity contribution in [3.8, 4) is 11.1 Å². The molecule has 1 aliphatic rings. The largest absolute Gasteiger partial charge is 0.366 e. The van der Waals surface area contributed by atoms with Crippen LogP contribution in [0.5, 0.6) is 0 Å². The first-order valence-electron chi connectivity index (χ1n) is 11.7. The van der Waals surface area contributed by atoms with Gasteiger partial charge in [0.1, 0.15) is 11.6 Å². The quantitative estimate of drug-likeness (QED) is 0.429. The van der Waals surface area contributed by atoms with Crippen molar-refractivity contribution in [3.63, 3.8) is 0 Å². The molecule has 10 heteroatoms. The van der Waals surface area contributed by atoms with Crippen LogP contribution in [0.2, 0.25) is 0 Å². The maximum Gasteiger partial charge on any atom is 0.254 e. The molecule has 3 aromatic rings. The highest BCUT2D eigenvalue weighted by Crippen LogP contribution is 2.30. The fourth-order valence-electron chi connectivity index (χ4n) is 4.36. The Morgan fingerprint density at radius 3 is 2.24 bits per heavy atom. The lowest BCUT2D eigenvalue weighted by atomic mass is 9.98. The van der Waals surface area contributed by atoms with Gasteiger partial charge in [-0.15, -0.1) is 0 Å². The second-order valence-electron chi connectivity index (χ2n) is 8.89. The van der Waals surface area contributed by atoms with Crippen LogP contribution >= 0.6 is 0 Å². The van der Waals surface area contributed by atoms with E-state index in [0.717, 1.165) is 6.26 Å². The summed E-state index contributed by atoms with van der Waals surface area (Å²) in [6.07, 6.45) is 0.484. The Morgan fingerprint density at radius 1 is 0.973 bits per heavy atom. The maximum atomic E-state index is 14.8. The van der Waals surface area contributed by atoms with Crippen LogP contribution in [0.3, 0.4) is 0 Å². The molecule has 1 aliphatic heterocycles. The number of hydrogen-bond acceptors (Lipinski definition) is 5. The molecule has 0 saturated carbocycles. The Balaban J connectivity index is 1.56. The Bertz CT molecular complexity index is 1390. The molecule has 0 aromatic heterocycles. The van der Waals surface area contributed by atoms with Gasteiger partial charge in [-0.1, -0.05) is 24.3 Å². The van der Waals surface area contributed by atoms with E-state index < -0.39 is 34.4 Å². The summed E-state index contributed by atoms with van der Waals surface area (Å²) in [5.41, 5.74) is 2.16. The van der Waals surface area contributed by atoms with Crippen molar-refractivity contribution in [1.29, 1.82) is 0 Å². The number of piperazine rings is 1. The topological polar surface area (TPSA) is 66.9 Å². The summed E-state index contributed by atoms with van der Waals surface area (Å²) in [7, 11) is -3.57. The molecule has 3 aromatic carbocycles. The third-order valence-electron chi connectivity index (χ3n) is 6.47. The van der Waals surface area contributed by atoms with Gasteiger partial charge in [-0.3, -0.25) is 4.79 Å². The monoisotopic (exact) mass is 532 g/mol. The number of alkyl halides is 1. The van der Waals surface area contributed by atoms with Gasteiger partial charge >= 0.3 is 0 Å². The van der Waals surface area contributed by atoms with Crippen molar-refractivity contribution < 1.29 is 31.1 Å². The molecular weight excluding hydrogens is 505 g/mol. The van der Waals surface area contributed by atoms with E-state index in [1.807, 2.05) is 4.90 Å². The van der Waals surface area contributed by atoms with E-state index in [-0.39, 0.29) is 29.5 Å². The molecule has 1 saturated heterocycles. The van der Waals surface area contributed by atoms with Gasteiger partial charge in [0.15, 0.2) is 16.7 Å². The lowest BCUT2D eigenvalue weighted by Crippen LogP contribution is -2.49. The lowest BCUT2D eigenvalue weighted by Gasteiger charge is -2.36. The smallest absolute Gasteiger partial charge is 0.254 e. The normalized spacial score (nSPS) is 15.1. The molecule has 0 N–H and O–H groups in total. The summed E-state index contributed by atoms with van der Waals surface area (Å²) in [5.74, 6) is -1.26. The molecule has 0 aliphatic carbocycles. The third-order valence-corrected chi connectivity index (χ3v) is 7.58. The minimum Gasteiger partial charge on any atom is -0.366 e. The first-order chi connectivity index (χ1) is 17.6. The number of amides is 1. The Morgan fingerprint density at radius 2 is 1.65 bits per heavy atom. The van der Waals surface area contributed by atoms with Crippen LogP contribution in [0.4, 0.5) is 18.9 Å². The summed E-state index contributed by atoms with van der Waals surface area (Å²) >= 11 is 0. The molecule has 0 radical (unpaired) electrons. The number of benzene rings is 3. The van der Waals surface area contributed by atoms with E-state index in [1.165, 1.54) is 42.5 Å². The summed E-state index contributed by atoms with van der Waals surface area (Å²) in [5, 5.41) is 0. The van der Waals surface area contributed by atoms with Crippen LogP contribution in [0.15, 0.2) is 65.6 Å². The van der Waals surface area contributed by atoms with Crippen molar-refractivity contribution in [2.45, 2.75) is 17.9 Å². The highest BCUT2D eigenvalue weighted by Gasteiger charge is 2.27. The van der Waals surface area contributed by atoms with Crippen molar-refractivity contribution in [2.75, 3.05) is 44.2 Å². The minimum atomic E-state index is -3.57. The Labute approximate surface area is 214 Å². The van der Waals surface area contributed by atoms with E-state index in [0.29, 0.717) is 35.5 Å². The maximum absolute atomic E-state index is 14.8. The Kier molecular flexibility index (Phi) is 7.89. The molecule has 1 atom stereocenters. The van der Waals surface area contributed by atoms with Gasteiger partial charge in [0, 0.05) is 38.0 Å². The number of ether oxygens (including phenoxy) is 1. The van der Waals surface area contributed by atoms with E-state index in [1.54, 1.807) is 30.0 Å². The molecular formula is C27H27F3N2O4S. The number of sulfone groups is 1. The second kappa shape index (κ2) is 10.9. The minimum absolute atomic E-state index is 0.00785. The number of halogens is 3. The van der Waals surface area contributed by atoms with E-state index in [2.05, 4.69) is 0 Å². The van der Waals surface area contributed by atoms with Gasteiger partial charge in [0.25, 0.3) is 5.91 Å². The van der Waals surface area contributed by atoms with Gasteiger partial charge in [0.05, 0.1) is 16.7 Å². The van der Waals surface area contributed by atoms with Gasteiger partial charge in [-0.25, -0.2) is 21.6 Å². The molecule has 1 unspecified atom stereocenters. The predicted octanol–water partition coefficient (Wildman–Crippen LogP) is 5.00. The van der Waals surface area contributed by atoms with Gasteiger partial charge in [0.2, 0.25) is 0 Å². The molecule has 1 fully saturated rings. The lowest BCUT2D eigenvalue weighted by molar-refractivity contribution is 0.00415. The van der Waals surface area contributed by atoms with Crippen molar-refractivity contribution in [3.05, 3.63) is 83.4 Å². The molecule has 196 valence electrons. The highest BCUT2D eigenvalue weighted by atomic mass is 32.2. The van der Waals surface area contributed by atoms with E-state index in [4.69, 9.17) is 4.74 Å². The molecule has 0 spiro atoms. The van der Waals surface area contributed by atoms with Crippen LogP contribution in [-0.2, 0) is 14.6 Å². The van der Waals surface area contributed by atoms with Crippen LogP contribution in [0.25, 0.3) is 11.1 Å². The SMILES string of the molecule is CC(OCF)c1ccc(N2CCN(C(=O)c3cc(S(C)(=O)=O)ccc3-c3ccc(F)cc3)CC2)c(F)c1. The average Bonchev–Trinajstić information content (AvgIpc) is 2.88. The standard InChI is InChI=1S/C27H27F3N2O4S/c1-18(36-17-28)20-5-10-26(25(30)15-20)31-11-13-32(14-12-31)27(33)24-16-22(37(2,34)35)8-9-23(24)19-3-6-21(29)7-4-19/h3-10,15-16,18H,11-14,17H2,1-2H3. The summed E-state index contributed by atoms with van der Waals surface area (Å²) in [4.78, 5) is 17.0. The number of anilines is 1. The molecule has 1 heterocycles. The van der Waals surface area contributed by atoms with Crippen molar-refractivity contribution >= 4 is 21.4 Å². The first kappa shape index (κ1) is 26.7. The third kappa shape index (κ3) is 5.97. The van der Waals surface area contributed by atoms with Crippen molar-refractivity contribution in [2.24, 2.45) is 0 Å². The van der Waals surface area contributed by atoms with Gasteiger partial charge in [-0.05, 0) is 60.0 Å². The molecule has 1 amide bonds. The number of rotatable bonds is 7. The zero-order chi connectivity index (χ0) is 26.7. The zero-order valence-corrected chi connectivity index (χ0v) is 21.3. The highest BCUT2D eigenvalue weighted by molar-refractivity contribution is 7.90. The average molecular weight is 533 g/mol. The molecule has 0 bridgehead atoms. The Hall–Kier alpha value is -3.37.